The molecule has 41 heavy (non-hydrogen) atoms. The number of hydrogen-bond donors (Lipinski definition) is 2. The van der Waals surface area contributed by atoms with Gasteiger partial charge in [-0.1, -0.05) is 29.0 Å². The number of alkyl halides is 2. The van der Waals surface area contributed by atoms with Crippen molar-refractivity contribution < 1.29 is 25.8 Å². The summed E-state index contributed by atoms with van der Waals surface area (Å²) < 4.78 is 94.1. The molecule has 0 saturated heterocycles. The summed E-state index contributed by atoms with van der Waals surface area (Å²) >= 11 is 7.03. The summed E-state index contributed by atoms with van der Waals surface area (Å²) in [6, 6.07) is 4.90. The zero-order chi connectivity index (χ0) is 29.9. The molecule has 1 aliphatic rings. The van der Waals surface area contributed by atoms with Crippen LogP contribution in [0.25, 0.3) is 27.5 Å². The van der Waals surface area contributed by atoms with Crippen molar-refractivity contribution in [2.24, 2.45) is 0 Å². The minimum Gasteiger partial charge on any atom is -0.308 e. The first kappa shape index (κ1) is 29.8. The lowest BCUT2D eigenvalue weighted by Crippen LogP contribution is -2.34. The number of fused-ring (bicyclic) bond motifs is 1. The lowest BCUT2D eigenvalue weighted by atomic mass is 10.1. The second-order valence-electron chi connectivity index (χ2n) is 10.3. The molecule has 3 heterocycles. The highest BCUT2D eigenvalue weighted by Crippen LogP contribution is 2.40. The maximum absolute atomic E-state index is 15.7. The molecular formula is C24H25ClF3N7O3S3. The minimum atomic E-state index is -4.13. The van der Waals surface area contributed by atoms with Crippen LogP contribution in [-0.4, -0.2) is 69.0 Å². The summed E-state index contributed by atoms with van der Waals surface area (Å²) in [5.74, 6) is -0.928. The summed E-state index contributed by atoms with van der Waals surface area (Å²) in [6.45, 7) is 2.11. The normalized spacial score (nSPS) is 16.5. The van der Waals surface area contributed by atoms with Gasteiger partial charge in [0.1, 0.15) is 5.82 Å². The fraction of sp³-hybridized carbons (Fsp3) is 0.375. The van der Waals surface area contributed by atoms with Crippen LogP contribution in [0.15, 0.2) is 40.3 Å². The third-order valence-corrected chi connectivity index (χ3v) is 11.2. The van der Waals surface area contributed by atoms with E-state index >= 15 is 4.39 Å². The predicted molar refractivity (Wildman–Crippen MR) is 150 cm³/mol. The summed E-state index contributed by atoms with van der Waals surface area (Å²) in [5.41, 5.74) is -0.583. The highest BCUT2D eigenvalue weighted by atomic mass is 35.5. The number of benzene rings is 1. The molecule has 220 valence electrons. The standard InChI is InChI=1S/C24H25ClF3N7O3S3/c1-24(6-7-24)33-41(37,38)14-10-16(15-5-4-13(11-17(15)26)40(29,36)9-8-34(2)3)18-19(25)30-21(35(18)12-14)23-32-31-22(39-23)20(27)28/h4-5,10-12,20,29,33H,6-9H2,1-3H3/t40-/m0/s1. The van der Waals surface area contributed by atoms with Gasteiger partial charge in [-0.2, -0.15) is 0 Å². The molecule has 0 bridgehead atoms. The highest BCUT2D eigenvalue weighted by molar-refractivity contribution is 7.92. The molecule has 10 nitrogen and oxygen atoms in total. The Morgan fingerprint density at radius 3 is 2.46 bits per heavy atom. The van der Waals surface area contributed by atoms with Crippen LogP contribution in [0.4, 0.5) is 13.2 Å². The topological polar surface area (TPSA) is 133 Å². The van der Waals surface area contributed by atoms with Gasteiger partial charge in [0.15, 0.2) is 21.0 Å². The molecular weight excluding hydrogens is 623 g/mol. The summed E-state index contributed by atoms with van der Waals surface area (Å²) in [7, 11) is -3.91. The van der Waals surface area contributed by atoms with E-state index in [1.165, 1.54) is 28.8 Å². The van der Waals surface area contributed by atoms with E-state index in [-0.39, 0.29) is 48.2 Å². The molecule has 1 aliphatic carbocycles. The maximum Gasteiger partial charge on any atom is 0.291 e. The molecule has 1 aromatic carbocycles. The Hall–Kier alpha value is -2.63. The molecule has 0 radical (unpaired) electrons. The van der Waals surface area contributed by atoms with Crippen LogP contribution in [0.2, 0.25) is 5.15 Å². The molecule has 0 unspecified atom stereocenters. The molecule has 5 rings (SSSR count). The summed E-state index contributed by atoms with van der Waals surface area (Å²) in [5, 5.41) is 6.48. The van der Waals surface area contributed by atoms with Gasteiger partial charge in [0, 0.05) is 35.2 Å². The van der Waals surface area contributed by atoms with Crippen molar-refractivity contribution in [1.29, 1.82) is 4.78 Å². The first-order valence-corrected chi connectivity index (χ1v) is 16.6. The Bertz CT molecular complexity index is 1870. The minimum absolute atomic E-state index is 0.0124. The molecule has 0 spiro atoms. The van der Waals surface area contributed by atoms with Crippen molar-refractivity contribution >= 4 is 48.2 Å². The van der Waals surface area contributed by atoms with Crippen LogP contribution in [0.1, 0.15) is 31.2 Å². The van der Waals surface area contributed by atoms with Crippen molar-refractivity contribution in [1.82, 2.24) is 29.2 Å². The molecule has 0 aliphatic heterocycles. The number of aromatic nitrogens is 4. The van der Waals surface area contributed by atoms with E-state index in [2.05, 4.69) is 19.9 Å². The van der Waals surface area contributed by atoms with E-state index in [0.29, 0.717) is 30.7 Å². The van der Waals surface area contributed by atoms with Crippen LogP contribution < -0.4 is 4.72 Å². The van der Waals surface area contributed by atoms with Crippen molar-refractivity contribution in [3.05, 3.63) is 46.4 Å². The Kier molecular flexibility index (Phi) is 7.70. The van der Waals surface area contributed by atoms with Crippen molar-refractivity contribution in [3.63, 3.8) is 0 Å². The van der Waals surface area contributed by atoms with Crippen LogP contribution in [0.3, 0.4) is 0 Å². The Morgan fingerprint density at radius 2 is 1.88 bits per heavy atom. The Balaban J connectivity index is 1.71. The molecule has 2 N–H and O–H groups in total. The number of sulfonamides is 1. The van der Waals surface area contributed by atoms with Gasteiger partial charge in [0.25, 0.3) is 6.43 Å². The van der Waals surface area contributed by atoms with Gasteiger partial charge in [-0.3, -0.25) is 4.40 Å². The van der Waals surface area contributed by atoms with Gasteiger partial charge in [-0.05, 0) is 52.1 Å². The van der Waals surface area contributed by atoms with Crippen LogP contribution >= 0.6 is 22.9 Å². The first-order valence-electron chi connectivity index (χ1n) is 12.2. The SMILES string of the molecule is CN(C)CC[S@](=N)(=O)c1ccc(-c2cc(S(=O)(=O)NC3(C)CC3)cn3c(-c4nnc(C(F)F)s4)nc(Cl)c23)c(F)c1. The van der Waals surface area contributed by atoms with Crippen molar-refractivity contribution in [2.75, 3.05) is 26.4 Å². The average molecular weight is 648 g/mol. The van der Waals surface area contributed by atoms with Gasteiger partial charge in [0.2, 0.25) is 10.0 Å². The Morgan fingerprint density at radius 1 is 1.17 bits per heavy atom. The zero-order valence-corrected chi connectivity index (χ0v) is 25.2. The maximum atomic E-state index is 15.7. The van der Waals surface area contributed by atoms with E-state index in [1.807, 2.05) is 0 Å². The van der Waals surface area contributed by atoms with E-state index in [9.17, 15) is 21.4 Å². The Labute approximate surface area is 243 Å². The second kappa shape index (κ2) is 10.6. The summed E-state index contributed by atoms with van der Waals surface area (Å²) in [6.07, 6.45) is -0.382. The van der Waals surface area contributed by atoms with Gasteiger partial charge in [0.05, 0.1) is 25.0 Å². The zero-order valence-electron chi connectivity index (χ0n) is 22.0. The van der Waals surface area contributed by atoms with E-state index in [1.54, 1.807) is 25.9 Å². The lowest BCUT2D eigenvalue weighted by Gasteiger charge is -2.16. The van der Waals surface area contributed by atoms with Crippen molar-refractivity contribution in [3.8, 4) is 22.0 Å². The summed E-state index contributed by atoms with van der Waals surface area (Å²) in [4.78, 5) is 5.73. The van der Waals surface area contributed by atoms with Crippen LogP contribution in [0.5, 0.6) is 0 Å². The number of hydrogen-bond acceptors (Lipinski definition) is 9. The molecule has 4 aromatic rings. The van der Waals surface area contributed by atoms with Gasteiger partial charge >= 0.3 is 0 Å². The fourth-order valence-corrected chi connectivity index (χ4v) is 7.97. The molecule has 1 atom stereocenters. The van der Waals surface area contributed by atoms with E-state index in [4.69, 9.17) is 16.4 Å². The third kappa shape index (κ3) is 5.99. The number of pyridine rings is 1. The molecule has 1 saturated carbocycles. The molecule has 17 heteroatoms. The van der Waals surface area contributed by atoms with E-state index < -0.39 is 42.5 Å². The van der Waals surface area contributed by atoms with Gasteiger partial charge in [-0.15, -0.1) is 10.2 Å². The second-order valence-corrected chi connectivity index (χ2v) is 15.6. The number of nitrogens with one attached hydrogen (secondary N) is 2. The largest absolute Gasteiger partial charge is 0.308 e. The van der Waals surface area contributed by atoms with E-state index in [0.717, 1.165) is 6.07 Å². The number of halogens is 4. The quantitative estimate of drug-likeness (QED) is 0.246. The van der Waals surface area contributed by atoms with Crippen LogP contribution in [0, 0.1) is 10.6 Å². The number of rotatable bonds is 10. The van der Waals surface area contributed by atoms with Gasteiger partial charge < -0.3 is 4.90 Å². The third-order valence-electron chi connectivity index (χ3n) is 6.61. The monoisotopic (exact) mass is 647 g/mol. The fourth-order valence-electron chi connectivity index (χ4n) is 4.08. The number of imidazole rings is 1. The highest BCUT2D eigenvalue weighted by Gasteiger charge is 2.41. The molecule has 3 aromatic heterocycles. The lowest BCUT2D eigenvalue weighted by molar-refractivity contribution is 0.150. The number of nitrogens with zero attached hydrogens (tertiary/aromatic N) is 5. The predicted octanol–water partition coefficient (Wildman–Crippen LogP) is 5.05. The average Bonchev–Trinajstić information content (AvgIpc) is 3.26. The molecule has 1 fully saturated rings. The molecule has 0 amide bonds. The van der Waals surface area contributed by atoms with Crippen molar-refractivity contribution in [2.45, 2.75) is 41.5 Å². The first-order chi connectivity index (χ1) is 19.1. The van der Waals surface area contributed by atoms with Gasteiger partial charge in [-0.25, -0.2) is 40.3 Å². The smallest absolute Gasteiger partial charge is 0.291 e. The van der Waals surface area contributed by atoms with Crippen LogP contribution in [-0.2, 0) is 19.8 Å².